The van der Waals surface area contributed by atoms with Gasteiger partial charge in [0.1, 0.15) is 0 Å². The van der Waals surface area contributed by atoms with Crippen LogP contribution in [-0.2, 0) is 0 Å². The zero-order valence-corrected chi connectivity index (χ0v) is 14.7. The van der Waals surface area contributed by atoms with Crippen molar-refractivity contribution in [3.8, 4) is 0 Å². The molecule has 0 saturated heterocycles. The zero-order chi connectivity index (χ0) is 14.5. The molecule has 0 spiro atoms. The van der Waals surface area contributed by atoms with Gasteiger partial charge in [0.05, 0.1) is 9.40 Å². The maximum atomic E-state index is 2.28. The van der Waals surface area contributed by atoms with Crippen molar-refractivity contribution in [2.75, 3.05) is 0 Å². The van der Waals surface area contributed by atoms with Crippen LogP contribution in [0.4, 0.5) is 0 Å². The third kappa shape index (κ3) is 1.99. The lowest BCUT2D eigenvalue weighted by Crippen LogP contribution is -1.73. The summed E-state index contributed by atoms with van der Waals surface area (Å²) in [5.74, 6) is 0. The normalized spacial score (nSPS) is 11.6. The summed E-state index contributed by atoms with van der Waals surface area (Å²) < 4.78 is 11.1. The molecular formula is C18H10S4. The van der Waals surface area contributed by atoms with Crippen molar-refractivity contribution in [1.82, 2.24) is 0 Å². The van der Waals surface area contributed by atoms with E-state index >= 15 is 0 Å². The first-order chi connectivity index (χ1) is 10.9. The first-order valence-electron chi connectivity index (χ1n) is 6.95. The smallest absolute Gasteiger partial charge is 0.0635 e. The zero-order valence-electron chi connectivity index (χ0n) is 11.4. The Morgan fingerprint density at radius 2 is 0.727 bits per heavy atom. The van der Waals surface area contributed by atoms with Gasteiger partial charge >= 0.3 is 0 Å². The van der Waals surface area contributed by atoms with E-state index in [1.54, 1.807) is 0 Å². The Hall–Kier alpha value is -1.46. The van der Waals surface area contributed by atoms with E-state index in [0.717, 1.165) is 0 Å². The molecule has 0 aliphatic carbocycles. The summed E-state index contributed by atoms with van der Waals surface area (Å²) in [4.78, 5) is 0. The van der Waals surface area contributed by atoms with Crippen LogP contribution < -0.4 is 0 Å². The van der Waals surface area contributed by atoms with Crippen molar-refractivity contribution in [3.05, 3.63) is 60.7 Å². The maximum absolute atomic E-state index is 2.28. The largest absolute Gasteiger partial charge is 0.133 e. The van der Waals surface area contributed by atoms with E-state index in [9.17, 15) is 0 Å². The van der Waals surface area contributed by atoms with Crippen LogP contribution in [0.1, 0.15) is 0 Å². The Balaban J connectivity index is 2.00. The van der Waals surface area contributed by atoms with Crippen LogP contribution in [0.15, 0.2) is 60.7 Å². The van der Waals surface area contributed by atoms with Crippen LogP contribution in [0.3, 0.4) is 0 Å². The third-order valence-corrected chi connectivity index (χ3v) is 8.93. The number of benzene rings is 3. The molecule has 0 radical (unpaired) electrons. The molecular weight excluding hydrogens is 344 g/mol. The van der Waals surface area contributed by atoms with Gasteiger partial charge in [-0.05, 0) is 36.4 Å². The maximum Gasteiger partial charge on any atom is 0.0635 e. The number of hydrogen-bond donors (Lipinski definition) is 0. The molecule has 0 aliphatic rings. The van der Waals surface area contributed by atoms with Crippen molar-refractivity contribution in [1.29, 1.82) is 0 Å². The molecule has 0 saturated carbocycles. The van der Waals surface area contributed by atoms with Crippen molar-refractivity contribution >= 4 is 82.9 Å². The topological polar surface area (TPSA) is 0 Å². The lowest BCUT2D eigenvalue weighted by molar-refractivity contribution is 1.88. The average molecular weight is 355 g/mol. The summed E-state index contributed by atoms with van der Waals surface area (Å²) in [6.07, 6.45) is 0. The van der Waals surface area contributed by atoms with Gasteiger partial charge in [-0.3, -0.25) is 0 Å². The van der Waals surface area contributed by atoms with Gasteiger partial charge < -0.3 is 0 Å². The molecule has 3 aromatic carbocycles. The first-order valence-corrected chi connectivity index (χ1v) is 10.2. The fraction of sp³-hybridized carbons (Fsp3) is 0. The molecule has 4 heteroatoms. The second kappa shape index (κ2) is 5.03. The summed E-state index contributed by atoms with van der Waals surface area (Å²) in [6, 6.07) is 21.9. The van der Waals surface area contributed by atoms with Crippen molar-refractivity contribution in [2.45, 2.75) is 0 Å². The number of rotatable bonds is 0. The van der Waals surface area contributed by atoms with Crippen LogP contribution in [0, 0.1) is 0 Å². The molecule has 2 aromatic heterocycles. The Labute approximate surface area is 143 Å². The van der Waals surface area contributed by atoms with Crippen LogP contribution >= 0.6 is 45.3 Å². The van der Waals surface area contributed by atoms with Crippen LogP contribution in [-0.4, -0.2) is 0 Å². The molecule has 0 aliphatic heterocycles. The van der Waals surface area contributed by atoms with Gasteiger partial charge in [0.15, 0.2) is 0 Å². The van der Waals surface area contributed by atoms with E-state index in [-0.39, 0.29) is 0 Å². The Bertz CT molecular complexity index is 1090. The van der Waals surface area contributed by atoms with Gasteiger partial charge in [0.2, 0.25) is 0 Å². The fourth-order valence-electron chi connectivity index (χ4n) is 2.58. The van der Waals surface area contributed by atoms with Gasteiger partial charge in [-0.1, -0.05) is 24.3 Å². The molecule has 0 unspecified atom stereocenters. The van der Waals surface area contributed by atoms with Gasteiger partial charge in [0.25, 0.3) is 0 Å². The third-order valence-electron chi connectivity index (χ3n) is 3.60. The highest BCUT2D eigenvalue weighted by Gasteiger charge is 2.07. The minimum Gasteiger partial charge on any atom is -0.133 e. The highest BCUT2D eigenvalue weighted by atomic mass is 32.1. The summed E-state index contributed by atoms with van der Waals surface area (Å²) >= 11 is 7.62. The van der Waals surface area contributed by atoms with Gasteiger partial charge in [-0.15, -0.1) is 45.3 Å². The molecule has 2 heterocycles. The van der Waals surface area contributed by atoms with Crippen molar-refractivity contribution in [3.63, 3.8) is 0 Å². The second-order valence-electron chi connectivity index (χ2n) is 5.02. The minimum absolute atomic E-state index is 1.37. The molecule has 0 atom stereocenters. The molecule has 22 heavy (non-hydrogen) atoms. The predicted molar refractivity (Wildman–Crippen MR) is 106 cm³/mol. The molecule has 5 aromatic rings. The van der Waals surface area contributed by atoms with Crippen molar-refractivity contribution < 1.29 is 0 Å². The van der Waals surface area contributed by atoms with E-state index in [1.165, 1.54) is 37.6 Å². The van der Waals surface area contributed by atoms with Crippen LogP contribution in [0.2, 0.25) is 0 Å². The highest BCUT2D eigenvalue weighted by Crippen LogP contribution is 2.42. The van der Waals surface area contributed by atoms with Gasteiger partial charge in [-0.25, -0.2) is 0 Å². The average Bonchev–Trinajstić information content (AvgIpc) is 2.58. The molecule has 0 N–H and O–H groups in total. The fourth-order valence-corrected chi connectivity index (χ4v) is 7.53. The summed E-state index contributed by atoms with van der Waals surface area (Å²) in [5, 5.41) is 0. The van der Waals surface area contributed by atoms with Crippen LogP contribution in [0.25, 0.3) is 37.6 Å². The molecule has 0 nitrogen and oxygen atoms in total. The van der Waals surface area contributed by atoms with E-state index < -0.39 is 0 Å². The highest BCUT2D eigenvalue weighted by molar-refractivity contribution is 7.42. The lowest BCUT2D eigenvalue weighted by atomic mass is 10.3. The molecule has 106 valence electrons. The van der Waals surface area contributed by atoms with E-state index in [4.69, 9.17) is 0 Å². The summed E-state index contributed by atoms with van der Waals surface area (Å²) in [7, 11) is 0. The van der Waals surface area contributed by atoms with Crippen molar-refractivity contribution in [2.24, 2.45) is 0 Å². The number of fused-ring (bicyclic) bond motifs is 5. The number of hydrogen-bond acceptors (Lipinski definition) is 4. The molecule has 0 amide bonds. The van der Waals surface area contributed by atoms with E-state index in [0.29, 0.717) is 0 Å². The van der Waals surface area contributed by atoms with E-state index in [1.807, 2.05) is 45.3 Å². The molecule has 5 rings (SSSR count). The lowest BCUT2D eigenvalue weighted by Gasteiger charge is -2.05. The monoisotopic (exact) mass is 354 g/mol. The summed E-state index contributed by atoms with van der Waals surface area (Å²) in [6.45, 7) is 0. The quantitative estimate of drug-likeness (QED) is 0.198. The molecule has 0 bridgehead atoms. The minimum atomic E-state index is 1.37. The summed E-state index contributed by atoms with van der Waals surface area (Å²) in [5.41, 5.74) is 0. The standard InChI is InChI=1S/C18H10S4/c1-3-7-13-11(5-1)19-15-9-10-16-18(17(15)21-13)22-14-8-4-2-6-12(14)20-16/h1-10H. The van der Waals surface area contributed by atoms with Gasteiger partial charge in [0, 0.05) is 28.2 Å². The molecule has 0 fully saturated rings. The SMILES string of the molecule is c1ccc2sc3c(ccc4sc5ccccc5sc43)sc2c1. The first kappa shape index (κ1) is 13.0. The van der Waals surface area contributed by atoms with E-state index in [2.05, 4.69) is 60.7 Å². The Morgan fingerprint density at radius 3 is 1.14 bits per heavy atom. The van der Waals surface area contributed by atoms with Gasteiger partial charge in [-0.2, -0.15) is 0 Å². The second-order valence-corrected chi connectivity index (χ2v) is 9.29. The Kier molecular flexibility index (Phi) is 2.98. The Morgan fingerprint density at radius 1 is 0.364 bits per heavy atom. The predicted octanol–water partition coefficient (Wildman–Crippen LogP) is 7.67. The van der Waals surface area contributed by atoms with Crippen LogP contribution in [0.5, 0.6) is 0 Å².